The number of amides is 2. The van der Waals surface area contributed by atoms with Crippen molar-refractivity contribution in [1.82, 2.24) is 4.98 Å². The van der Waals surface area contributed by atoms with E-state index in [2.05, 4.69) is 10.3 Å². The number of furan rings is 1. The van der Waals surface area contributed by atoms with Gasteiger partial charge in [0.15, 0.2) is 0 Å². The van der Waals surface area contributed by atoms with E-state index in [4.69, 9.17) is 4.42 Å². The first-order valence-corrected chi connectivity index (χ1v) is 10.0. The minimum Gasteiger partial charge on any atom is -0.430 e. The Bertz CT molecular complexity index is 1410. The summed E-state index contributed by atoms with van der Waals surface area (Å²) >= 11 is 0. The van der Waals surface area contributed by atoms with E-state index in [0.717, 1.165) is 28.2 Å². The number of rotatable bonds is 2. The SMILES string of the molecule is Cc1cc(-c2ccccc2)nc2oc3c(c12)NC(=O)CN(c1cccc(C(F)(F)F)c1)C3=O. The van der Waals surface area contributed by atoms with Crippen LogP contribution in [0.2, 0.25) is 0 Å². The molecule has 5 rings (SSSR count). The number of carbonyl (C=O) groups excluding carboxylic acids is 2. The van der Waals surface area contributed by atoms with Crippen molar-refractivity contribution in [2.45, 2.75) is 13.1 Å². The summed E-state index contributed by atoms with van der Waals surface area (Å²) in [5.74, 6) is -1.48. The Morgan fingerprint density at radius 1 is 1.03 bits per heavy atom. The summed E-state index contributed by atoms with van der Waals surface area (Å²) in [5, 5.41) is 3.13. The van der Waals surface area contributed by atoms with Crippen molar-refractivity contribution in [3.05, 3.63) is 77.6 Å². The Balaban J connectivity index is 1.64. The number of carbonyl (C=O) groups is 2. The zero-order valence-corrected chi connectivity index (χ0v) is 17.2. The maximum atomic E-state index is 13.3. The summed E-state index contributed by atoms with van der Waals surface area (Å²) < 4.78 is 45.3. The van der Waals surface area contributed by atoms with E-state index in [0.29, 0.717) is 11.1 Å². The first-order valence-electron chi connectivity index (χ1n) is 10.0. The number of anilines is 2. The maximum Gasteiger partial charge on any atom is 0.416 e. The van der Waals surface area contributed by atoms with Crippen LogP contribution in [-0.4, -0.2) is 23.3 Å². The lowest BCUT2D eigenvalue weighted by Crippen LogP contribution is -2.35. The monoisotopic (exact) mass is 451 g/mol. The van der Waals surface area contributed by atoms with Crippen molar-refractivity contribution < 1.29 is 27.2 Å². The van der Waals surface area contributed by atoms with Gasteiger partial charge in [-0.05, 0) is 36.8 Å². The molecule has 0 bridgehead atoms. The van der Waals surface area contributed by atoms with Crippen LogP contribution in [0.15, 0.2) is 65.1 Å². The van der Waals surface area contributed by atoms with E-state index in [-0.39, 0.29) is 22.8 Å². The number of benzene rings is 2. The molecule has 0 saturated carbocycles. The van der Waals surface area contributed by atoms with Gasteiger partial charge in [0.2, 0.25) is 17.4 Å². The minimum absolute atomic E-state index is 0.0621. The third-order valence-electron chi connectivity index (χ3n) is 5.42. The first kappa shape index (κ1) is 20.7. The number of aromatic nitrogens is 1. The molecule has 33 heavy (non-hydrogen) atoms. The molecular formula is C24H16F3N3O3. The Morgan fingerprint density at radius 2 is 1.79 bits per heavy atom. The molecule has 0 fully saturated rings. The van der Waals surface area contributed by atoms with E-state index in [1.165, 1.54) is 12.1 Å². The lowest BCUT2D eigenvalue weighted by molar-refractivity contribution is -0.137. The molecule has 166 valence electrons. The number of aryl methyl sites for hydroxylation is 1. The molecule has 1 aliphatic heterocycles. The van der Waals surface area contributed by atoms with Gasteiger partial charge in [0, 0.05) is 11.3 Å². The summed E-state index contributed by atoms with van der Waals surface area (Å²) in [6.07, 6.45) is -4.59. The summed E-state index contributed by atoms with van der Waals surface area (Å²) in [6.45, 7) is 1.35. The molecule has 4 aromatic rings. The fourth-order valence-corrected chi connectivity index (χ4v) is 3.88. The average molecular weight is 451 g/mol. The number of pyridine rings is 1. The predicted molar refractivity (Wildman–Crippen MR) is 116 cm³/mol. The highest BCUT2D eigenvalue weighted by Crippen LogP contribution is 2.38. The van der Waals surface area contributed by atoms with Crippen LogP contribution in [0.4, 0.5) is 24.5 Å². The topological polar surface area (TPSA) is 75.4 Å². The van der Waals surface area contributed by atoms with Crippen molar-refractivity contribution in [2.75, 3.05) is 16.8 Å². The molecule has 2 amide bonds. The van der Waals surface area contributed by atoms with Crippen molar-refractivity contribution in [3.8, 4) is 11.3 Å². The molecule has 2 aromatic heterocycles. The van der Waals surface area contributed by atoms with Crippen LogP contribution in [0.25, 0.3) is 22.4 Å². The summed E-state index contributed by atoms with van der Waals surface area (Å²) in [4.78, 5) is 31.4. The van der Waals surface area contributed by atoms with E-state index in [9.17, 15) is 22.8 Å². The zero-order chi connectivity index (χ0) is 23.3. The summed E-state index contributed by atoms with van der Waals surface area (Å²) in [5.41, 5.74) is 1.52. The van der Waals surface area contributed by atoms with Gasteiger partial charge in [-0.1, -0.05) is 36.4 Å². The average Bonchev–Trinajstić information content (AvgIpc) is 3.10. The second-order valence-electron chi connectivity index (χ2n) is 7.66. The number of alkyl halides is 3. The quantitative estimate of drug-likeness (QED) is 0.442. The zero-order valence-electron chi connectivity index (χ0n) is 17.2. The molecule has 0 spiro atoms. The van der Waals surface area contributed by atoms with Crippen LogP contribution in [0.1, 0.15) is 21.7 Å². The van der Waals surface area contributed by atoms with Gasteiger partial charge >= 0.3 is 6.18 Å². The fourth-order valence-electron chi connectivity index (χ4n) is 3.88. The van der Waals surface area contributed by atoms with E-state index in [1.807, 2.05) is 36.4 Å². The standard InChI is InChI=1S/C24H16F3N3O3/c1-13-10-17(14-6-3-2-4-7-14)28-22-19(13)20-21(33-22)23(32)30(12-18(31)29-20)16-9-5-8-15(11-16)24(25,26)27/h2-11H,12H2,1H3,(H,29,31). The number of hydrogen-bond acceptors (Lipinski definition) is 4. The van der Waals surface area contributed by atoms with Gasteiger partial charge in [-0.2, -0.15) is 13.2 Å². The lowest BCUT2D eigenvalue weighted by Gasteiger charge is -2.20. The second-order valence-corrected chi connectivity index (χ2v) is 7.66. The highest BCUT2D eigenvalue weighted by Gasteiger charge is 2.35. The third-order valence-corrected chi connectivity index (χ3v) is 5.42. The van der Waals surface area contributed by atoms with Crippen molar-refractivity contribution in [3.63, 3.8) is 0 Å². The van der Waals surface area contributed by atoms with Crippen LogP contribution in [0, 0.1) is 6.92 Å². The fraction of sp³-hybridized carbons (Fsp3) is 0.125. The molecule has 0 atom stereocenters. The number of hydrogen-bond donors (Lipinski definition) is 1. The van der Waals surface area contributed by atoms with Crippen molar-refractivity contribution in [2.24, 2.45) is 0 Å². The highest BCUT2D eigenvalue weighted by molar-refractivity contribution is 6.20. The lowest BCUT2D eigenvalue weighted by atomic mass is 10.1. The van der Waals surface area contributed by atoms with Crippen molar-refractivity contribution in [1.29, 1.82) is 0 Å². The van der Waals surface area contributed by atoms with Gasteiger partial charge in [0.1, 0.15) is 12.2 Å². The molecule has 0 radical (unpaired) electrons. The molecule has 0 unspecified atom stereocenters. The maximum absolute atomic E-state index is 13.3. The largest absolute Gasteiger partial charge is 0.430 e. The van der Waals surface area contributed by atoms with Crippen molar-refractivity contribution >= 4 is 34.3 Å². The minimum atomic E-state index is -4.59. The Hall–Kier alpha value is -4.14. The van der Waals surface area contributed by atoms with Crippen LogP contribution in [-0.2, 0) is 11.0 Å². The summed E-state index contributed by atoms with van der Waals surface area (Å²) in [6, 6.07) is 15.4. The molecule has 6 nitrogen and oxygen atoms in total. The van der Waals surface area contributed by atoms with Gasteiger partial charge in [-0.3, -0.25) is 14.5 Å². The van der Waals surface area contributed by atoms with Gasteiger partial charge < -0.3 is 9.73 Å². The number of fused-ring (bicyclic) bond motifs is 3. The Kier molecular flexibility index (Phi) is 4.70. The molecule has 1 N–H and O–H groups in total. The number of halogens is 3. The molecule has 9 heteroatoms. The molecular weight excluding hydrogens is 435 g/mol. The molecule has 0 saturated heterocycles. The van der Waals surface area contributed by atoms with Crippen LogP contribution in [0.3, 0.4) is 0 Å². The molecule has 3 heterocycles. The van der Waals surface area contributed by atoms with Gasteiger partial charge in [0.05, 0.1) is 16.6 Å². The van der Waals surface area contributed by atoms with Gasteiger partial charge in [-0.25, -0.2) is 4.98 Å². The molecule has 2 aromatic carbocycles. The van der Waals surface area contributed by atoms with Crippen LogP contribution >= 0.6 is 0 Å². The molecule has 0 aliphatic carbocycles. The third kappa shape index (κ3) is 3.61. The van der Waals surface area contributed by atoms with Crippen LogP contribution < -0.4 is 10.2 Å². The second kappa shape index (κ2) is 7.47. The van der Waals surface area contributed by atoms with E-state index < -0.39 is 30.1 Å². The molecule has 1 aliphatic rings. The number of nitrogens with one attached hydrogen (secondary N) is 1. The highest BCUT2D eigenvalue weighted by atomic mass is 19.4. The van der Waals surface area contributed by atoms with Gasteiger partial charge in [0.25, 0.3) is 5.91 Å². The first-order chi connectivity index (χ1) is 15.7. The Labute approximate surface area is 185 Å². The predicted octanol–water partition coefficient (Wildman–Crippen LogP) is 5.42. The summed E-state index contributed by atoms with van der Waals surface area (Å²) in [7, 11) is 0. The smallest absolute Gasteiger partial charge is 0.416 e. The Morgan fingerprint density at radius 3 is 2.52 bits per heavy atom. The van der Waals surface area contributed by atoms with Crippen LogP contribution in [0.5, 0.6) is 0 Å². The normalized spacial score (nSPS) is 14.2. The number of nitrogens with zero attached hydrogens (tertiary/aromatic N) is 2. The van der Waals surface area contributed by atoms with Gasteiger partial charge in [-0.15, -0.1) is 0 Å². The van der Waals surface area contributed by atoms with E-state index >= 15 is 0 Å². The van der Waals surface area contributed by atoms with E-state index in [1.54, 1.807) is 6.92 Å².